The minimum absolute atomic E-state index is 0. The molecule has 0 bridgehead atoms. The predicted molar refractivity (Wildman–Crippen MR) is 91.4 cm³/mol. The fraction of sp³-hybridized carbons (Fsp3) is 0.294. The van der Waals surface area contributed by atoms with E-state index in [1.807, 2.05) is 11.8 Å². The highest BCUT2D eigenvalue weighted by molar-refractivity contribution is 7.98. The van der Waals surface area contributed by atoms with Crippen molar-refractivity contribution in [2.45, 2.75) is 17.2 Å². The number of hydrogen-bond acceptors (Lipinski definition) is 1. The topological polar surface area (TPSA) is 0 Å². The third kappa shape index (κ3) is 7.77. The number of benzene rings is 2. The van der Waals surface area contributed by atoms with Crippen molar-refractivity contribution >= 4 is 24.2 Å². The molecule has 0 aliphatic carbocycles. The SMILES string of the molecule is C[N+](C)(C)Cc1ccc(SCc2ccccc2)cc1.Cl.[Cl-]. The van der Waals surface area contributed by atoms with Crippen LogP contribution in [0.4, 0.5) is 0 Å². The van der Waals surface area contributed by atoms with Crippen LogP contribution < -0.4 is 12.4 Å². The summed E-state index contributed by atoms with van der Waals surface area (Å²) in [6.07, 6.45) is 0. The molecule has 0 amide bonds. The van der Waals surface area contributed by atoms with E-state index >= 15 is 0 Å². The van der Waals surface area contributed by atoms with Crippen LogP contribution in [0.2, 0.25) is 0 Å². The molecule has 2 aromatic carbocycles. The van der Waals surface area contributed by atoms with Crippen molar-refractivity contribution in [2.75, 3.05) is 21.1 Å². The molecule has 21 heavy (non-hydrogen) atoms. The summed E-state index contributed by atoms with van der Waals surface area (Å²) in [5, 5.41) is 0. The molecule has 0 aliphatic heterocycles. The summed E-state index contributed by atoms with van der Waals surface area (Å²) in [5.74, 6) is 1.04. The van der Waals surface area contributed by atoms with E-state index in [0.29, 0.717) is 0 Å². The Morgan fingerprint density at radius 3 is 1.90 bits per heavy atom. The average molecular weight is 344 g/mol. The molecule has 116 valence electrons. The Labute approximate surface area is 145 Å². The summed E-state index contributed by atoms with van der Waals surface area (Å²) in [6.45, 7) is 1.07. The highest BCUT2D eigenvalue weighted by Gasteiger charge is 2.08. The molecule has 0 aromatic heterocycles. The van der Waals surface area contributed by atoms with Gasteiger partial charge in [-0.3, -0.25) is 0 Å². The van der Waals surface area contributed by atoms with Gasteiger partial charge in [0.2, 0.25) is 0 Å². The Kier molecular flexibility index (Phi) is 9.07. The first-order valence-corrected chi connectivity index (χ1v) is 7.58. The number of rotatable bonds is 5. The van der Waals surface area contributed by atoms with Crippen molar-refractivity contribution in [1.82, 2.24) is 0 Å². The monoisotopic (exact) mass is 343 g/mol. The van der Waals surface area contributed by atoms with Gasteiger partial charge in [-0.05, 0) is 17.7 Å². The minimum atomic E-state index is 0. The molecule has 2 rings (SSSR count). The van der Waals surface area contributed by atoms with Crippen molar-refractivity contribution in [3.05, 3.63) is 65.7 Å². The fourth-order valence-corrected chi connectivity index (χ4v) is 2.83. The largest absolute Gasteiger partial charge is 1.00 e. The molecule has 0 saturated carbocycles. The number of quaternary nitrogens is 1. The van der Waals surface area contributed by atoms with E-state index in [1.165, 1.54) is 16.0 Å². The van der Waals surface area contributed by atoms with Crippen molar-refractivity contribution in [1.29, 1.82) is 0 Å². The van der Waals surface area contributed by atoms with Gasteiger partial charge in [0.1, 0.15) is 6.54 Å². The first-order valence-electron chi connectivity index (χ1n) is 6.59. The van der Waals surface area contributed by atoms with E-state index in [1.54, 1.807) is 0 Å². The van der Waals surface area contributed by atoms with Gasteiger partial charge in [0.15, 0.2) is 0 Å². The zero-order valence-corrected chi connectivity index (χ0v) is 15.1. The lowest BCUT2D eigenvalue weighted by atomic mass is 10.2. The van der Waals surface area contributed by atoms with Crippen LogP contribution in [0.5, 0.6) is 0 Å². The lowest BCUT2D eigenvalue weighted by Crippen LogP contribution is -3.00. The molecule has 0 unspecified atom stereocenters. The minimum Gasteiger partial charge on any atom is -1.00 e. The van der Waals surface area contributed by atoms with Crippen molar-refractivity contribution < 1.29 is 16.9 Å². The van der Waals surface area contributed by atoms with Gasteiger partial charge in [-0.2, -0.15) is 0 Å². The second-order valence-electron chi connectivity index (χ2n) is 5.87. The molecule has 0 saturated heterocycles. The summed E-state index contributed by atoms with van der Waals surface area (Å²) in [6, 6.07) is 19.6. The first kappa shape index (κ1) is 20.3. The van der Waals surface area contributed by atoms with Crippen LogP contribution in [-0.2, 0) is 12.3 Å². The summed E-state index contributed by atoms with van der Waals surface area (Å²) < 4.78 is 0.969. The Bertz CT molecular complexity index is 507. The number of nitrogens with zero attached hydrogens (tertiary/aromatic N) is 1. The summed E-state index contributed by atoms with van der Waals surface area (Å²) in [5.41, 5.74) is 2.78. The van der Waals surface area contributed by atoms with Gasteiger partial charge >= 0.3 is 0 Å². The number of thioether (sulfide) groups is 1. The molecule has 0 radical (unpaired) electrons. The molecule has 4 heteroatoms. The molecular weight excluding hydrogens is 321 g/mol. The van der Waals surface area contributed by atoms with Crippen molar-refractivity contribution in [2.24, 2.45) is 0 Å². The summed E-state index contributed by atoms with van der Waals surface area (Å²) >= 11 is 1.90. The average Bonchev–Trinajstić information content (AvgIpc) is 2.37. The third-order valence-electron chi connectivity index (χ3n) is 2.83. The third-order valence-corrected chi connectivity index (χ3v) is 3.91. The standard InChI is InChI=1S/C17H22NS.2ClH/c1-18(2,3)13-15-9-11-17(12-10-15)19-14-16-7-5-4-6-8-16;;/h4-12H,13-14H2,1-3H3;2*1H/q+1;;/p-1. The maximum Gasteiger partial charge on any atom is 0.104 e. The van der Waals surface area contributed by atoms with Gasteiger partial charge in [0.05, 0.1) is 21.1 Å². The molecule has 0 heterocycles. The molecular formula is C17H23Cl2NS. The predicted octanol–water partition coefficient (Wildman–Crippen LogP) is 1.61. The van der Waals surface area contributed by atoms with E-state index in [0.717, 1.165) is 16.8 Å². The Morgan fingerprint density at radius 1 is 0.810 bits per heavy atom. The second kappa shape index (κ2) is 9.37. The molecule has 2 aromatic rings. The van der Waals surface area contributed by atoms with Crippen LogP contribution in [-0.4, -0.2) is 25.6 Å². The first-order chi connectivity index (χ1) is 9.03. The smallest absolute Gasteiger partial charge is 0.104 e. The van der Waals surface area contributed by atoms with Gasteiger partial charge in [-0.1, -0.05) is 42.5 Å². The molecule has 0 aliphatic rings. The molecule has 0 N–H and O–H groups in total. The normalized spacial score (nSPS) is 10.4. The highest BCUT2D eigenvalue weighted by atomic mass is 35.5. The van der Waals surface area contributed by atoms with E-state index < -0.39 is 0 Å². The van der Waals surface area contributed by atoms with Gasteiger partial charge in [-0.15, -0.1) is 24.2 Å². The lowest BCUT2D eigenvalue weighted by molar-refractivity contribution is -0.884. The van der Waals surface area contributed by atoms with E-state index in [-0.39, 0.29) is 24.8 Å². The van der Waals surface area contributed by atoms with Gasteiger partial charge in [0.25, 0.3) is 0 Å². The van der Waals surface area contributed by atoms with E-state index in [9.17, 15) is 0 Å². The maximum atomic E-state index is 2.25. The molecule has 1 nitrogen and oxygen atoms in total. The van der Waals surface area contributed by atoms with Crippen LogP contribution in [0, 0.1) is 0 Å². The molecule has 0 spiro atoms. The highest BCUT2D eigenvalue weighted by Crippen LogP contribution is 2.23. The number of hydrogen-bond donors (Lipinski definition) is 0. The van der Waals surface area contributed by atoms with Crippen LogP contribution in [0.25, 0.3) is 0 Å². The number of halogens is 2. The van der Waals surface area contributed by atoms with Crippen molar-refractivity contribution in [3.8, 4) is 0 Å². The quantitative estimate of drug-likeness (QED) is 0.587. The van der Waals surface area contributed by atoms with Crippen LogP contribution in [0.1, 0.15) is 11.1 Å². The van der Waals surface area contributed by atoms with E-state index in [4.69, 9.17) is 0 Å². The van der Waals surface area contributed by atoms with Crippen molar-refractivity contribution in [3.63, 3.8) is 0 Å². The van der Waals surface area contributed by atoms with Gasteiger partial charge in [0, 0.05) is 16.2 Å². The summed E-state index contributed by atoms with van der Waals surface area (Å²) in [4.78, 5) is 1.34. The maximum absolute atomic E-state index is 2.25. The Balaban J connectivity index is 0.00000200. The van der Waals surface area contributed by atoms with Crippen LogP contribution >= 0.6 is 24.2 Å². The second-order valence-corrected chi connectivity index (χ2v) is 6.92. The van der Waals surface area contributed by atoms with Gasteiger partial charge in [-0.25, -0.2) is 0 Å². The lowest BCUT2D eigenvalue weighted by Gasteiger charge is -2.23. The zero-order valence-electron chi connectivity index (χ0n) is 12.8. The molecule has 0 fully saturated rings. The van der Waals surface area contributed by atoms with Crippen LogP contribution in [0.15, 0.2) is 59.5 Å². The summed E-state index contributed by atoms with van der Waals surface area (Å²) in [7, 11) is 6.66. The fourth-order valence-electron chi connectivity index (χ4n) is 1.98. The zero-order chi connectivity index (χ0) is 13.7. The molecule has 0 atom stereocenters. The Hall–Kier alpha value is -0.670. The van der Waals surface area contributed by atoms with Crippen LogP contribution in [0.3, 0.4) is 0 Å². The van der Waals surface area contributed by atoms with Gasteiger partial charge < -0.3 is 16.9 Å². The van der Waals surface area contributed by atoms with E-state index in [2.05, 4.69) is 75.7 Å². The Morgan fingerprint density at radius 2 is 1.38 bits per heavy atom.